The molecule has 4 N–H and O–H groups in total. The van der Waals surface area contributed by atoms with Crippen LogP contribution in [-0.2, 0) is 28.9 Å². The maximum Gasteiger partial charge on any atom is 0.423 e. The average molecular weight is 791 g/mol. The first kappa shape index (κ1) is 39.0. The van der Waals surface area contributed by atoms with E-state index in [0.29, 0.717) is 50.7 Å². The molecular formula is C39H38F4N8O6. The quantitative estimate of drug-likeness (QED) is 0.114. The average Bonchev–Trinajstić information content (AvgIpc) is 3.47. The van der Waals surface area contributed by atoms with E-state index in [-0.39, 0.29) is 59.1 Å². The van der Waals surface area contributed by atoms with E-state index in [2.05, 4.69) is 36.1 Å². The standard InChI is InChI=1S/C39H38F4N8O6/c1-50-19-22-7-5-9-30(33(22)37(50)55)57-36-25(39(41,42)43)18-44-38(49-36)47-29-17-26(40)24(16-31(29)56-2)34(53)45-23-12-14-51(15-13-23)20-21-6-3-4-8-27(21)46-28-10-11-32(52)48-35(28)54/h3-9,16-18,23,28,46H,10-15,19-20H2,1-2H3,(H,45,53)(H,44,47,49)(H,48,52,54). The first-order chi connectivity index (χ1) is 27.3. The van der Waals surface area contributed by atoms with Crippen molar-refractivity contribution in [1.29, 1.82) is 0 Å². The van der Waals surface area contributed by atoms with E-state index in [9.17, 15) is 32.3 Å². The van der Waals surface area contributed by atoms with Crippen molar-refractivity contribution in [3.05, 3.63) is 94.4 Å². The fraction of sp³-hybridized carbons (Fsp3) is 0.333. The number of ether oxygens (including phenoxy) is 2. The molecule has 57 heavy (non-hydrogen) atoms. The fourth-order valence-corrected chi connectivity index (χ4v) is 7.03. The summed E-state index contributed by atoms with van der Waals surface area (Å²) in [7, 11) is 2.84. The van der Waals surface area contributed by atoms with Gasteiger partial charge < -0.3 is 30.3 Å². The Morgan fingerprint density at radius 1 is 1.00 bits per heavy atom. The minimum atomic E-state index is -4.91. The number of amides is 4. The SMILES string of the molecule is COc1cc(C(=O)NC2CCN(Cc3ccccc3NC3CCC(=O)NC3=O)CC2)c(F)cc1Nc1ncc(C(F)(F)F)c(Oc2cccc3c2C(=O)N(C)C3)n1. The van der Waals surface area contributed by atoms with E-state index < -0.39 is 47.2 Å². The van der Waals surface area contributed by atoms with Gasteiger partial charge in [-0.3, -0.25) is 29.4 Å². The number of anilines is 3. The van der Waals surface area contributed by atoms with E-state index in [0.717, 1.165) is 17.3 Å². The van der Waals surface area contributed by atoms with Crippen molar-refractivity contribution in [2.24, 2.45) is 0 Å². The lowest BCUT2D eigenvalue weighted by molar-refractivity contribution is -0.139. The molecule has 18 heteroatoms. The zero-order valence-electron chi connectivity index (χ0n) is 30.8. The van der Waals surface area contributed by atoms with Crippen LogP contribution in [-0.4, -0.2) is 82.7 Å². The number of nitrogens with one attached hydrogen (secondary N) is 4. The van der Waals surface area contributed by atoms with Crippen molar-refractivity contribution in [1.82, 2.24) is 30.4 Å². The predicted molar refractivity (Wildman–Crippen MR) is 198 cm³/mol. The summed E-state index contributed by atoms with van der Waals surface area (Å²) < 4.78 is 68.6. The molecule has 298 valence electrons. The number of carbonyl (C=O) groups is 4. The lowest BCUT2D eigenvalue weighted by atomic mass is 10.0. The van der Waals surface area contributed by atoms with Gasteiger partial charge in [-0.05, 0) is 48.6 Å². The summed E-state index contributed by atoms with van der Waals surface area (Å²) in [4.78, 5) is 61.2. The minimum absolute atomic E-state index is 0.0126. The number of carbonyl (C=O) groups excluding carboxylic acids is 4. The van der Waals surface area contributed by atoms with E-state index >= 15 is 4.39 Å². The molecule has 4 amide bonds. The normalized spacial score (nSPS) is 17.5. The molecule has 1 atom stereocenters. The summed E-state index contributed by atoms with van der Waals surface area (Å²) in [6.07, 6.45) is -2.57. The van der Waals surface area contributed by atoms with Gasteiger partial charge in [-0.25, -0.2) is 9.37 Å². The molecule has 3 aromatic carbocycles. The Balaban J connectivity index is 0.999. The first-order valence-corrected chi connectivity index (χ1v) is 18.1. The van der Waals surface area contributed by atoms with Crippen LogP contribution in [0.4, 0.5) is 34.9 Å². The van der Waals surface area contributed by atoms with Gasteiger partial charge in [0.05, 0.1) is 23.9 Å². The molecule has 4 heterocycles. The number of halogens is 4. The molecule has 14 nitrogen and oxygen atoms in total. The third kappa shape index (κ3) is 8.60. The molecule has 0 bridgehead atoms. The van der Waals surface area contributed by atoms with Gasteiger partial charge in [0.15, 0.2) is 0 Å². The van der Waals surface area contributed by atoms with Crippen molar-refractivity contribution < 1.29 is 46.2 Å². The van der Waals surface area contributed by atoms with Crippen LogP contribution >= 0.6 is 0 Å². The minimum Gasteiger partial charge on any atom is -0.495 e. The number of para-hydroxylation sites is 1. The summed E-state index contributed by atoms with van der Waals surface area (Å²) in [5, 5.41) is 11.2. The molecule has 3 aliphatic rings. The van der Waals surface area contributed by atoms with Crippen LogP contribution < -0.4 is 30.7 Å². The van der Waals surface area contributed by atoms with E-state index in [4.69, 9.17) is 9.47 Å². The summed E-state index contributed by atoms with van der Waals surface area (Å²) in [5.41, 5.74) is 0.786. The van der Waals surface area contributed by atoms with Gasteiger partial charge in [-0.15, -0.1) is 0 Å². The van der Waals surface area contributed by atoms with Crippen LogP contribution in [0.15, 0.2) is 60.8 Å². The summed E-state index contributed by atoms with van der Waals surface area (Å²) in [5.74, 6) is -4.08. The molecular weight excluding hydrogens is 752 g/mol. The molecule has 0 spiro atoms. The lowest BCUT2D eigenvalue weighted by Gasteiger charge is -2.33. The van der Waals surface area contributed by atoms with Gasteiger partial charge >= 0.3 is 6.18 Å². The van der Waals surface area contributed by atoms with E-state index in [1.807, 2.05) is 24.3 Å². The lowest BCUT2D eigenvalue weighted by Crippen LogP contribution is -2.47. The van der Waals surface area contributed by atoms with Crippen LogP contribution in [0.25, 0.3) is 0 Å². The Morgan fingerprint density at radius 3 is 2.51 bits per heavy atom. The van der Waals surface area contributed by atoms with Gasteiger partial charge in [-0.1, -0.05) is 30.3 Å². The molecule has 0 aliphatic carbocycles. The maximum atomic E-state index is 15.5. The van der Waals surface area contributed by atoms with Gasteiger partial charge in [0.1, 0.15) is 28.9 Å². The number of hydrogen-bond acceptors (Lipinski definition) is 11. The Bertz CT molecular complexity index is 2230. The second-order valence-electron chi connectivity index (χ2n) is 14.0. The van der Waals surface area contributed by atoms with Crippen LogP contribution in [0.2, 0.25) is 0 Å². The zero-order valence-corrected chi connectivity index (χ0v) is 30.8. The maximum absolute atomic E-state index is 15.5. The summed E-state index contributed by atoms with van der Waals surface area (Å²) in [6.45, 7) is 2.10. The number of alkyl halides is 3. The third-order valence-electron chi connectivity index (χ3n) is 10.0. The number of aromatic nitrogens is 2. The van der Waals surface area contributed by atoms with Gasteiger partial charge in [0.2, 0.25) is 23.6 Å². The highest BCUT2D eigenvalue weighted by Gasteiger charge is 2.38. The fourth-order valence-electron chi connectivity index (χ4n) is 7.03. The molecule has 1 aromatic heterocycles. The number of methoxy groups -OCH3 is 1. The number of imide groups is 1. The predicted octanol–water partition coefficient (Wildman–Crippen LogP) is 5.38. The van der Waals surface area contributed by atoms with E-state index in [1.54, 1.807) is 19.2 Å². The highest BCUT2D eigenvalue weighted by atomic mass is 19.4. The molecule has 0 saturated carbocycles. The Labute approximate surface area is 323 Å². The number of benzene rings is 3. The Kier molecular flexibility index (Phi) is 11.0. The first-order valence-electron chi connectivity index (χ1n) is 18.1. The molecule has 1 unspecified atom stereocenters. The van der Waals surface area contributed by atoms with Crippen LogP contribution in [0.5, 0.6) is 17.4 Å². The highest BCUT2D eigenvalue weighted by Crippen LogP contribution is 2.40. The van der Waals surface area contributed by atoms with Crippen molar-refractivity contribution in [3.8, 4) is 17.4 Å². The Hall–Kier alpha value is -6.30. The van der Waals surface area contributed by atoms with Crippen LogP contribution in [0, 0.1) is 5.82 Å². The van der Waals surface area contributed by atoms with Gasteiger partial charge in [-0.2, -0.15) is 18.2 Å². The van der Waals surface area contributed by atoms with Crippen molar-refractivity contribution in [3.63, 3.8) is 0 Å². The van der Waals surface area contributed by atoms with E-state index in [1.165, 1.54) is 24.1 Å². The van der Waals surface area contributed by atoms with Crippen molar-refractivity contribution in [2.45, 2.75) is 57.0 Å². The molecule has 2 fully saturated rings. The number of piperidine rings is 2. The number of nitrogens with zero attached hydrogens (tertiary/aromatic N) is 4. The number of rotatable bonds is 11. The van der Waals surface area contributed by atoms with Crippen molar-refractivity contribution >= 4 is 41.0 Å². The molecule has 3 aliphatic heterocycles. The topological polar surface area (TPSA) is 167 Å². The summed E-state index contributed by atoms with van der Waals surface area (Å²) >= 11 is 0. The second kappa shape index (κ2) is 16.0. The second-order valence-corrected chi connectivity index (χ2v) is 14.0. The molecule has 4 aromatic rings. The highest BCUT2D eigenvalue weighted by molar-refractivity contribution is 6.02. The van der Waals surface area contributed by atoms with Gasteiger partial charge in [0, 0.05) is 63.6 Å². The molecule has 0 radical (unpaired) electrons. The van der Waals surface area contributed by atoms with Gasteiger partial charge in [0.25, 0.3) is 11.8 Å². The zero-order chi connectivity index (χ0) is 40.4. The molecule has 7 rings (SSSR count). The van der Waals surface area contributed by atoms with Crippen molar-refractivity contribution in [2.75, 3.05) is 37.9 Å². The monoisotopic (exact) mass is 790 g/mol. The number of hydrogen-bond donors (Lipinski definition) is 4. The van der Waals surface area contributed by atoms with Crippen LogP contribution in [0.1, 0.15) is 63.1 Å². The number of fused-ring (bicyclic) bond motifs is 1. The smallest absolute Gasteiger partial charge is 0.423 e. The summed E-state index contributed by atoms with van der Waals surface area (Å²) in [6, 6.07) is 13.6. The number of likely N-dealkylation sites (tertiary alicyclic amines) is 1. The molecule has 2 saturated heterocycles. The largest absolute Gasteiger partial charge is 0.495 e. The Morgan fingerprint density at radius 2 is 1.77 bits per heavy atom. The third-order valence-corrected chi connectivity index (χ3v) is 10.0. The van der Waals surface area contributed by atoms with Crippen LogP contribution in [0.3, 0.4) is 0 Å².